The van der Waals surface area contributed by atoms with Crippen molar-refractivity contribution in [3.63, 3.8) is 0 Å². The Morgan fingerprint density at radius 2 is 1.97 bits per heavy atom. The molecule has 1 aliphatic rings. The quantitative estimate of drug-likeness (QED) is 0.681. The number of hydrogen-bond acceptors (Lipinski definition) is 5. The Balaban J connectivity index is 1.85. The molecule has 170 valence electrons. The van der Waals surface area contributed by atoms with Crippen LogP contribution in [0.4, 0.5) is 4.79 Å². The van der Waals surface area contributed by atoms with Crippen LogP contribution in [0.1, 0.15) is 63.5 Å². The van der Waals surface area contributed by atoms with Gasteiger partial charge in [0.25, 0.3) is 0 Å². The lowest BCUT2D eigenvalue weighted by molar-refractivity contribution is -0.0419. The lowest BCUT2D eigenvalue weighted by Crippen LogP contribution is -2.48. The highest BCUT2D eigenvalue weighted by molar-refractivity contribution is 5.70. The number of ether oxygens (including phenoxy) is 2. The van der Waals surface area contributed by atoms with E-state index in [2.05, 4.69) is 0 Å². The summed E-state index contributed by atoms with van der Waals surface area (Å²) >= 11 is 0. The van der Waals surface area contributed by atoms with E-state index in [-0.39, 0.29) is 6.09 Å². The van der Waals surface area contributed by atoms with Gasteiger partial charge in [0.15, 0.2) is 0 Å². The summed E-state index contributed by atoms with van der Waals surface area (Å²) in [5.41, 5.74) is 1.80. The van der Waals surface area contributed by atoms with Crippen LogP contribution in [0.2, 0.25) is 0 Å². The average molecular weight is 430 g/mol. The Kier molecular flexibility index (Phi) is 6.42. The Labute approximate surface area is 185 Å². The minimum absolute atomic E-state index is 0.341. The molecule has 2 aromatic rings. The average Bonchev–Trinajstić information content (AvgIpc) is 3.07. The number of likely N-dealkylation sites (tertiary alicyclic amines) is 1. The van der Waals surface area contributed by atoms with Crippen LogP contribution in [0.15, 0.2) is 28.7 Å². The normalized spacial score (nSPS) is 20.5. The van der Waals surface area contributed by atoms with Gasteiger partial charge in [-0.05, 0) is 76.8 Å². The van der Waals surface area contributed by atoms with Gasteiger partial charge in [0.2, 0.25) is 0 Å². The first-order chi connectivity index (χ1) is 14.4. The third kappa shape index (κ3) is 5.06. The first-order valence-corrected chi connectivity index (χ1v) is 10.8. The highest BCUT2D eigenvalue weighted by Crippen LogP contribution is 2.44. The van der Waals surface area contributed by atoms with E-state index >= 15 is 0 Å². The molecule has 0 radical (unpaired) electrons. The number of amides is 1. The van der Waals surface area contributed by atoms with E-state index < -0.39 is 17.1 Å². The number of piperidine rings is 1. The second-order valence-corrected chi connectivity index (χ2v) is 9.93. The zero-order chi connectivity index (χ0) is 23.0. The highest BCUT2D eigenvalue weighted by atomic mass is 16.6. The van der Waals surface area contributed by atoms with Gasteiger partial charge in [0.05, 0.1) is 12.7 Å². The van der Waals surface area contributed by atoms with Crippen LogP contribution in [0.3, 0.4) is 0 Å². The molecule has 1 aliphatic heterocycles. The standard InChI is InChI=1S/C25H35NO5/c1-16-9-10-18(19(13-16)29-7)21-17(2)14-20(30-21)22(27)25(6)11-8-12-26(15-25)23(28)31-24(3,4)5/h9-10,13-14,22,27H,8,11-12,15H2,1-7H3/t22-,25?/m1/s1. The number of nitrogens with zero attached hydrogens (tertiary/aromatic N) is 1. The smallest absolute Gasteiger partial charge is 0.410 e. The molecule has 0 bridgehead atoms. The molecule has 1 aromatic heterocycles. The summed E-state index contributed by atoms with van der Waals surface area (Å²) in [4.78, 5) is 14.3. The maximum atomic E-state index is 12.6. The fourth-order valence-corrected chi connectivity index (χ4v) is 4.21. The number of hydrogen-bond donors (Lipinski definition) is 1. The molecule has 1 unspecified atom stereocenters. The number of carbonyl (C=O) groups excluding carboxylic acids is 1. The molecule has 1 N–H and O–H groups in total. The van der Waals surface area contributed by atoms with Crippen LogP contribution in [0.5, 0.6) is 5.75 Å². The topological polar surface area (TPSA) is 72.1 Å². The number of aliphatic hydroxyl groups excluding tert-OH is 1. The maximum absolute atomic E-state index is 12.6. The van der Waals surface area contributed by atoms with Gasteiger partial charge in [-0.15, -0.1) is 0 Å². The minimum Gasteiger partial charge on any atom is -0.496 e. The molecule has 1 amide bonds. The number of rotatable bonds is 4. The van der Waals surface area contributed by atoms with E-state index in [0.717, 1.165) is 35.3 Å². The second-order valence-electron chi connectivity index (χ2n) is 9.93. The van der Waals surface area contributed by atoms with Crippen LogP contribution >= 0.6 is 0 Å². The van der Waals surface area contributed by atoms with Gasteiger partial charge >= 0.3 is 6.09 Å². The SMILES string of the molecule is COc1cc(C)ccc1-c1oc([C@@H](O)C2(C)CCCN(C(=O)OC(C)(C)C)C2)cc1C. The van der Waals surface area contributed by atoms with Crippen molar-refractivity contribution >= 4 is 6.09 Å². The molecular formula is C25H35NO5. The van der Waals surface area contributed by atoms with Crippen molar-refractivity contribution in [1.29, 1.82) is 0 Å². The van der Waals surface area contributed by atoms with E-state index in [4.69, 9.17) is 13.9 Å². The van der Waals surface area contributed by atoms with Gasteiger partial charge in [-0.1, -0.05) is 13.0 Å². The van der Waals surface area contributed by atoms with Gasteiger partial charge in [-0.3, -0.25) is 0 Å². The number of aliphatic hydroxyl groups is 1. The number of methoxy groups -OCH3 is 1. The molecule has 2 heterocycles. The third-order valence-corrected chi connectivity index (χ3v) is 5.85. The molecule has 2 atom stereocenters. The molecule has 1 saturated heterocycles. The van der Waals surface area contributed by atoms with Crippen molar-refractivity contribution in [2.24, 2.45) is 5.41 Å². The van der Waals surface area contributed by atoms with Gasteiger partial charge < -0.3 is 23.9 Å². The molecular weight excluding hydrogens is 394 g/mol. The minimum atomic E-state index is -0.846. The van der Waals surface area contributed by atoms with Crippen molar-refractivity contribution in [2.75, 3.05) is 20.2 Å². The van der Waals surface area contributed by atoms with Crippen molar-refractivity contribution in [2.45, 2.75) is 66.1 Å². The van der Waals surface area contributed by atoms with E-state index in [1.165, 1.54) is 0 Å². The number of furan rings is 1. The summed E-state index contributed by atoms with van der Waals surface area (Å²) in [7, 11) is 1.64. The lowest BCUT2D eigenvalue weighted by atomic mass is 9.76. The molecule has 0 aliphatic carbocycles. The molecule has 1 fully saturated rings. The number of benzene rings is 1. The van der Waals surface area contributed by atoms with Crippen LogP contribution in [-0.4, -0.2) is 41.9 Å². The van der Waals surface area contributed by atoms with E-state index in [1.54, 1.807) is 12.0 Å². The summed E-state index contributed by atoms with van der Waals surface area (Å²) in [5.74, 6) is 1.93. The predicted octanol–water partition coefficient (Wildman–Crippen LogP) is 5.64. The fraction of sp³-hybridized carbons (Fsp3) is 0.560. The van der Waals surface area contributed by atoms with Crippen LogP contribution in [0, 0.1) is 19.3 Å². The van der Waals surface area contributed by atoms with Crippen molar-refractivity contribution in [3.05, 3.63) is 41.2 Å². The van der Waals surface area contributed by atoms with E-state index in [9.17, 15) is 9.90 Å². The summed E-state index contributed by atoms with van der Waals surface area (Å²) in [6, 6.07) is 7.84. The van der Waals surface area contributed by atoms with Crippen molar-refractivity contribution in [3.8, 4) is 17.1 Å². The van der Waals surface area contributed by atoms with Crippen LogP contribution in [-0.2, 0) is 4.74 Å². The van der Waals surface area contributed by atoms with Crippen molar-refractivity contribution < 1.29 is 23.8 Å². The monoisotopic (exact) mass is 429 g/mol. The zero-order valence-electron chi connectivity index (χ0n) is 19.7. The number of aryl methyl sites for hydroxylation is 2. The molecule has 0 spiro atoms. The Hall–Kier alpha value is -2.47. The molecule has 31 heavy (non-hydrogen) atoms. The molecule has 3 rings (SSSR count). The first kappa shape index (κ1) is 23.2. The summed E-state index contributed by atoms with van der Waals surface area (Å²) in [6.07, 6.45) is 0.398. The van der Waals surface area contributed by atoms with Gasteiger partial charge in [0.1, 0.15) is 29.0 Å². The van der Waals surface area contributed by atoms with Crippen LogP contribution < -0.4 is 4.74 Å². The van der Waals surface area contributed by atoms with Gasteiger partial charge in [-0.25, -0.2) is 4.79 Å². The maximum Gasteiger partial charge on any atom is 0.410 e. The van der Waals surface area contributed by atoms with E-state index in [0.29, 0.717) is 24.6 Å². The predicted molar refractivity (Wildman–Crippen MR) is 120 cm³/mol. The summed E-state index contributed by atoms with van der Waals surface area (Å²) in [6.45, 7) is 12.6. The van der Waals surface area contributed by atoms with Gasteiger partial charge in [-0.2, -0.15) is 0 Å². The Morgan fingerprint density at radius 3 is 2.61 bits per heavy atom. The highest BCUT2D eigenvalue weighted by Gasteiger charge is 2.42. The summed E-state index contributed by atoms with van der Waals surface area (Å²) in [5, 5.41) is 11.3. The molecule has 6 heteroatoms. The zero-order valence-corrected chi connectivity index (χ0v) is 19.7. The molecule has 6 nitrogen and oxygen atoms in total. The summed E-state index contributed by atoms with van der Waals surface area (Å²) < 4.78 is 17.3. The number of carbonyl (C=O) groups is 1. The fourth-order valence-electron chi connectivity index (χ4n) is 4.21. The van der Waals surface area contributed by atoms with E-state index in [1.807, 2.05) is 65.8 Å². The Morgan fingerprint density at radius 1 is 1.26 bits per heavy atom. The largest absolute Gasteiger partial charge is 0.496 e. The first-order valence-electron chi connectivity index (χ1n) is 10.8. The van der Waals surface area contributed by atoms with Crippen LogP contribution in [0.25, 0.3) is 11.3 Å². The molecule has 0 saturated carbocycles. The van der Waals surface area contributed by atoms with Crippen molar-refractivity contribution in [1.82, 2.24) is 4.90 Å². The Bertz CT molecular complexity index is 942. The lowest BCUT2D eigenvalue weighted by Gasteiger charge is -2.42. The molecule has 1 aromatic carbocycles. The third-order valence-electron chi connectivity index (χ3n) is 5.85. The second kappa shape index (κ2) is 8.58. The van der Waals surface area contributed by atoms with Gasteiger partial charge in [0, 0.05) is 18.5 Å².